The number of hydrogen-bond donors (Lipinski definition) is 0. The van der Waals surface area contributed by atoms with Crippen molar-refractivity contribution >= 4 is 40.6 Å². The Morgan fingerprint density at radius 2 is 1.87 bits per heavy atom. The maximum atomic E-state index is 12.9. The highest BCUT2D eigenvalue weighted by atomic mass is 35.5. The maximum Gasteiger partial charge on any atom is 0.267 e. The molecule has 4 heterocycles. The summed E-state index contributed by atoms with van der Waals surface area (Å²) in [5.41, 5.74) is 1.03. The highest BCUT2D eigenvalue weighted by molar-refractivity contribution is 7.99. The summed E-state index contributed by atoms with van der Waals surface area (Å²) in [5.74, 6) is 0.626. The van der Waals surface area contributed by atoms with Crippen molar-refractivity contribution in [3.63, 3.8) is 0 Å². The van der Waals surface area contributed by atoms with Crippen LogP contribution in [0.5, 0.6) is 0 Å². The molecule has 0 bridgehead atoms. The molecule has 0 aliphatic carbocycles. The van der Waals surface area contributed by atoms with Crippen molar-refractivity contribution in [2.24, 2.45) is 0 Å². The normalized spacial score (nSPS) is 16.5. The molecule has 6 nitrogen and oxygen atoms in total. The van der Waals surface area contributed by atoms with E-state index >= 15 is 0 Å². The fourth-order valence-electron chi connectivity index (χ4n) is 3.93. The van der Waals surface area contributed by atoms with Crippen LogP contribution in [0, 0.1) is 0 Å². The second kappa shape index (κ2) is 8.78. The minimum atomic E-state index is -0.215. The van der Waals surface area contributed by atoms with Gasteiger partial charge < -0.3 is 4.90 Å². The van der Waals surface area contributed by atoms with Crippen LogP contribution in [-0.2, 0) is 13.1 Å². The first-order valence-corrected chi connectivity index (χ1v) is 12.4. The molecular weight excluding hydrogens is 452 g/mol. The third kappa shape index (κ3) is 4.17. The minimum Gasteiger partial charge on any atom is -0.336 e. The van der Waals surface area contributed by atoms with Crippen LogP contribution >= 0.6 is 34.7 Å². The van der Waals surface area contributed by atoms with Crippen LogP contribution in [-0.4, -0.2) is 57.2 Å². The Morgan fingerprint density at radius 1 is 1.06 bits per heavy atom. The van der Waals surface area contributed by atoms with E-state index in [0.29, 0.717) is 24.8 Å². The van der Waals surface area contributed by atoms with Crippen LogP contribution in [0.25, 0.3) is 10.4 Å². The maximum absolute atomic E-state index is 12.9. The average molecular weight is 473 g/mol. The number of nitrogens with zero attached hydrogens (tertiary/aromatic N) is 4. The predicted molar refractivity (Wildman–Crippen MR) is 125 cm³/mol. The lowest BCUT2D eigenvalue weighted by Gasteiger charge is -2.34. The van der Waals surface area contributed by atoms with Crippen LogP contribution in [0.1, 0.15) is 15.2 Å². The molecule has 160 valence electrons. The highest BCUT2D eigenvalue weighted by Crippen LogP contribution is 2.33. The summed E-state index contributed by atoms with van der Waals surface area (Å²) >= 11 is 9.63. The predicted octanol–water partition coefficient (Wildman–Crippen LogP) is 3.69. The Morgan fingerprint density at radius 3 is 2.68 bits per heavy atom. The van der Waals surface area contributed by atoms with Gasteiger partial charge in [0.2, 0.25) is 0 Å². The van der Waals surface area contributed by atoms with E-state index in [-0.39, 0.29) is 17.0 Å². The molecule has 5 rings (SSSR count). The first-order chi connectivity index (χ1) is 15.1. The van der Waals surface area contributed by atoms with Gasteiger partial charge in [-0.2, -0.15) is 0 Å². The third-order valence-corrected chi connectivity index (χ3v) is 8.03. The zero-order valence-electron chi connectivity index (χ0n) is 16.8. The lowest BCUT2D eigenvalue weighted by molar-refractivity contribution is 0.0626. The van der Waals surface area contributed by atoms with Gasteiger partial charge in [-0.3, -0.25) is 19.1 Å². The van der Waals surface area contributed by atoms with E-state index in [9.17, 15) is 9.59 Å². The van der Waals surface area contributed by atoms with Crippen molar-refractivity contribution < 1.29 is 4.79 Å². The number of amides is 1. The zero-order chi connectivity index (χ0) is 21.4. The number of carbonyl (C=O) groups is 1. The molecule has 0 unspecified atom stereocenters. The Balaban J connectivity index is 1.21. The van der Waals surface area contributed by atoms with E-state index < -0.39 is 0 Å². The number of piperazine rings is 1. The van der Waals surface area contributed by atoms with Crippen LogP contribution in [0.4, 0.5) is 0 Å². The SMILES string of the molecule is O=C(c1cnc2n(c1=O)CCS2)N1CCN(Cc2ccc(-c3ccccc3Cl)s2)CC1. The molecular formula is C22H21ClN4O2S2. The number of aromatic nitrogens is 2. The Kier molecular flexibility index (Phi) is 5.88. The summed E-state index contributed by atoms with van der Waals surface area (Å²) in [4.78, 5) is 36.4. The Labute approximate surface area is 193 Å². The van der Waals surface area contributed by atoms with Crippen molar-refractivity contribution in [3.05, 3.63) is 68.4 Å². The Bertz CT molecular complexity index is 1180. The van der Waals surface area contributed by atoms with Crippen LogP contribution in [0.2, 0.25) is 5.02 Å². The lowest BCUT2D eigenvalue weighted by atomic mass is 10.2. The lowest BCUT2D eigenvalue weighted by Crippen LogP contribution is -2.49. The number of carbonyl (C=O) groups excluding carboxylic acids is 1. The number of rotatable bonds is 4. The average Bonchev–Trinajstić information content (AvgIpc) is 3.45. The number of thioether (sulfide) groups is 1. The summed E-state index contributed by atoms with van der Waals surface area (Å²) in [6.45, 7) is 4.24. The number of benzene rings is 1. The van der Waals surface area contributed by atoms with Crippen molar-refractivity contribution in [2.45, 2.75) is 18.2 Å². The van der Waals surface area contributed by atoms with E-state index in [4.69, 9.17) is 11.6 Å². The minimum absolute atomic E-state index is 0.183. The van der Waals surface area contributed by atoms with Gasteiger partial charge in [-0.25, -0.2) is 4.98 Å². The van der Waals surface area contributed by atoms with E-state index in [1.165, 1.54) is 11.1 Å². The van der Waals surface area contributed by atoms with Gasteiger partial charge in [0.05, 0.1) is 0 Å². The molecule has 3 aromatic rings. The van der Waals surface area contributed by atoms with Gasteiger partial charge in [0, 0.05) is 71.6 Å². The van der Waals surface area contributed by atoms with Crippen LogP contribution in [0.3, 0.4) is 0 Å². The van der Waals surface area contributed by atoms with Gasteiger partial charge in [-0.1, -0.05) is 41.6 Å². The van der Waals surface area contributed by atoms with Gasteiger partial charge in [-0.15, -0.1) is 11.3 Å². The van der Waals surface area contributed by atoms with Gasteiger partial charge in [0.25, 0.3) is 11.5 Å². The molecule has 9 heteroatoms. The second-order valence-corrected chi connectivity index (χ2v) is 10.2. The molecule has 1 saturated heterocycles. The summed E-state index contributed by atoms with van der Waals surface area (Å²) in [5, 5.41) is 1.47. The zero-order valence-corrected chi connectivity index (χ0v) is 19.2. The molecule has 0 radical (unpaired) electrons. The van der Waals surface area contributed by atoms with Crippen molar-refractivity contribution in [1.29, 1.82) is 0 Å². The fraction of sp³-hybridized carbons (Fsp3) is 0.318. The summed E-state index contributed by atoms with van der Waals surface area (Å²) in [6.07, 6.45) is 1.45. The number of fused-ring (bicyclic) bond motifs is 1. The van der Waals surface area contributed by atoms with Crippen LogP contribution < -0.4 is 5.56 Å². The molecule has 1 fully saturated rings. The highest BCUT2D eigenvalue weighted by Gasteiger charge is 2.26. The van der Waals surface area contributed by atoms with Crippen molar-refractivity contribution in [2.75, 3.05) is 31.9 Å². The molecule has 0 atom stereocenters. The topological polar surface area (TPSA) is 58.4 Å². The van der Waals surface area contributed by atoms with E-state index in [1.54, 1.807) is 32.6 Å². The summed E-state index contributed by atoms with van der Waals surface area (Å²) in [6, 6.07) is 12.2. The molecule has 2 aliphatic rings. The number of halogens is 1. The van der Waals surface area contributed by atoms with Gasteiger partial charge >= 0.3 is 0 Å². The smallest absolute Gasteiger partial charge is 0.267 e. The molecule has 0 spiro atoms. The van der Waals surface area contributed by atoms with Crippen molar-refractivity contribution in [1.82, 2.24) is 19.4 Å². The summed E-state index contributed by atoms with van der Waals surface area (Å²) in [7, 11) is 0. The third-order valence-electron chi connectivity index (χ3n) is 5.63. The second-order valence-electron chi connectivity index (χ2n) is 7.57. The molecule has 0 N–H and O–H groups in total. The monoisotopic (exact) mass is 472 g/mol. The molecule has 2 aromatic heterocycles. The number of hydrogen-bond acceptors (Lipinski definition) is 6. The first-order valence-electron chi connectivity index (χ1n) is 10.2. The van der Waals surface area contributed by atoms with Crippen molar-refractivity contribution in [3.8, 4) is 10.4 Å². The standard InChI is InChI=1S/C22H21ClN4O2S2/c23-18-4-2-1-3-16(18)19-6-5-15(31-19)14-25-7-9-26(10-8-25)20(28)17-13-24-22-27(21(17)29)11-12-30-22/h1-6,13H,7-12,14H2. The molecule has 31 heavy (non-hydrogen) atoms. The van der Waals surface area contributed by atoms with Gasteiger partial charge in [0.15, 0.2) is 5.16 Å². The molecule has 1 aromatic carbocycles. The first kappa shape index (κ1) is 20.8. The van der Waals surface area contributed by atoms with Gasteiger partial charge in [0.1, 0.15) is 5.56 Å². The molecule has 2 aliphatic heterocycles. The van der Waals surface area contributed by atoms with E-state index in [0.717, 1.165) is 40.9 Å². The van der Waals surface area contributed by atoms with E-state index in [1.807, 2.05) is 24.3 Å². The molecule has 1 amide bonds. The fourth-order valence-corrected chi connectivity index (χ4v) is 6.23. The van der Waals surface area contributed by atoms with Gasteiger partial charge in [-0.05, 0) is 18.2 Å². The van der Waals surface area contributed by atoms with E-state index in [2.05, 4.69) is 22.0 Å². The molecule has 0 saturated carbocycles. The summed E-state index contributed by atoms with van der Waals surface area (Å²) < 4.78 is 1.61. The number of thiophene rings is 1. The van der Waals surface area contributed by atoms with Crippen LogP contribution in [0.15, 0.2) is 52.5 Å². The largest absolute Gasteiger partial charge is 0.336 e. The Hall–Kier alpha value is -2.13. The quantitative estimate of drug-likeness (QED) is 0.542.